The second kappa shape index (κ2) is 5.35. The summed E-state index contributed by atoms with van der Waals surface area (Å²) in [5.41, 5.74) is 0. The number of hydrogen-bond donors (Lipinski definition) is 1. The van der Waals surface area contributed by atoms with Crippen molar-refractivity contribution in [1.82, 2.24) is 4.90 Å². The molecule has 1 aliphatic rings. The number of rotatable bonds is 4. The highest BCUT2D eigenvalue weighted by Crippen LogP contribution is 2.26. The third-order valence-corrected chi connectivity index (χ3v) is 2.96. The Morgan fingerprint density at radius 2 is 2.07 bits per heavy atom. The first-order valence-corrected chi connectivity index (χ1v) is 5.54. The summed E-state index contributed by atoms with van der Waals surface area (Å²) >= 11 is 0. The van der Waals surface area contributed by atoms with E-state index in [9.17, 15) is 4.79 Å². The minimum Gasteiger partial charge on any atom is -0.393 e. The van der Waals surface area contributed by atoms with Crippen molar-refractivity contribution in [2.75, 3.05) is 13.6 Å². The van der Waals surface area contributed by atoms with Crippen LogP contribution in [0.4, 0.5) is 0 Å². The van der Waals surface area contributed by atoms with Gasteiger partial charge in [0.15, 0.2) is 0 Å². The van der Waals surface area contributed by atoms with Crippen LogP contribution in [0.1, 0.15) is 39.0 Å². The number of aliphatic hydroxyl groups is 1. The molecule has 0 aromatic heterocycles. The number of amides is 1. The van der Waals surface area contributed by atoms with E-state index < -0.39 is 0 Å². The fourth-order valence-corrected chi connectivity index (χ4v) is 1.98. The summed E-state index contributed by atoms with van der Waals surface area (Å²) in [6.45, 7) is 2.43. The minimum absolute atomic E-state index is 0.258. The summed E-state index contributed by atoms with van der Waals surface area (Å²) in [6.07, 6.45) is 4.86. The van der Waals surface area contributed by atoms with Crippen LogP contribution >= 0.6 is 0 Å². The molecule has 1 rings (SSSR count). The molecule has 0 aliphatic heterocycles. The van der Waals surface area contributed by atoms with E-state index in [2.05, 4.69) is 0 Å². The zero-order chi connectivity index (χ0) is 10.6. The molecule has 14 heavy (non-hydrogen) atoms. The summed E-state index contributed by atoms with van der Waals surface area (Å²) in [5, 5.41) is 9.11. The molecule has 0 heterocycles. The van der Waals surface area contributed by atoms with E-state index in [4.69, 9.17) is 5.11 Å². The predicted molar refractivity (Wildman–Crippen MR) is 55.9 cm³/mol. The van der Waals surface area contributed by atoms with E-state index in [1.807, 2.05) is 7.05 Å². The van der Waals surface area contributed by atoms with Gasteiger partial charge in [-0.3, -0.25) is 4.79 Å². The molecule has 1 amide bonds. The molecular weight excluding hydrogens is 178 g/mol. The first kappa shape index (κ1) is 11.5. The summed E-state index contributed by atoms with van der Waals surface area (Å²) < 4.78 is 0. The quantitative estimate of drug-likeness (QED) is 0.743. The van der Waals surface area contributed by atoms with E-state index in [0.29, 0.717) is 13.0 Å². The normalized spacial score (nSPS) is 19.6. The molecule has 0 radical (unpaired) electrons. The molecule has 3 heteroatoms. The van der Waals surface area contributed by atoms with Gasteiger partial charge in [-0.1, -0.05) is 12.8 Å². The molecule has 0 spiro atoms. The SMILES string of the molecule is CC(O)CCN(C)C(=O)C1CCCC1. The molecule has 1 atom stereocenters. The van der Waals surface area contributed by atoms with Crippen molar-refractivity contribution in [3.8, 4) is 0 Å². The zero-order valence-corrected chi connectivity index (χ0v) is 9.20. The van der Waals surface area contributed by atoms with Gasteiger partial charge in [0.1, 0.15) is 0 Å². The Balaban J connectivity index is 2.28. The molecule has 1 saturated carbocycles. The lowest BCUT2D eigenvalue weighted by molar-refractivity contribution is -0.134. The first-order chi connectivity index (χ1) is 6.61. The summed E-state index contributed by atoms with van der Waals surface area (Å²) in [7, 11) is 1.84. The molecule has 0 aromatic carbocycles. The number of carbonyl (C=O) groups excluding carboxylic acids is 1. The van der Waals surface area contributed by atoms with Crippen molar-refractivity contribution < 1.29 is 9.90 Å². The Bertz CT molecular complexity index is 186. The smallest absolute Gasteiger partial charge is 0.225 e. The Hall–Kier alpha value is -0.570. The Kier molecular flexibility index (Phi) is 4.39. The van der Waals surface area contributed by atoms with E-state index in [0.717, 1.165) is 12.8 Å². The average Bonchev–Trinajstić information content (AvgIpc) is 2.65. The van der Waals surface area contributed by atoms with Crippen LogP contribution in [0.15, 0.2) is 0 Å². The van der Waals surface area contributed by atoms with E-state index >= 15 is 0 Å². The molecule has 1 unspecified atom stereocenters. The topological polar surface area (TPSA) is 40.5 Å². The number of hydrogen-bond acceptors (Lipinski definition) is 2. The highest BCUT2D eigenvalue weighted by atomic mass is 16.3. The highest BCUT2D eigenvalue weighted by molar-refractivity contribution is 5.78. The van der Waals surface area contributed by atoms with Gasteiger partial charge in [-0.25, -0.2) is 0 Å². The molecule has 3 nitrogen and oxygen atoms in total. The number of nitrogens with zero attached hydrogens (tertiary/aromatic N) is 1. The molecular formula is C11H21NO2. The third kappa shape index (κ3) is 3.29. The van der Waals surface area contributed by atoms with Crippen LogP contribution in [0.5, 0.6) is 0 Å². The lowest BCUT2D eigenvalue weighted by atomic mass is 10.1. The Morgan fingerprint density at radius 1 is 1.50 bits per heavy atom. The summed E-state index contributed by atoms with van der Waals surface area (Å²) in [5.74, 6) is 0.525. The molecule has 0 aromatic rings. The van der Waals surface area contributed by atoms with Gasteiger partial charge in [0, 0.05) is 19.5 Å². The van der Waals surface area contributed by atoms with Crippen LogP contribution in [-0.2, 0) is 4.79 Å². The highest BCUT2D eigenvalue weighted by Gasteiger charge is 2.25. The third-order valence-electron chi connectivity index (χ3n) is 2.96. The van der Waals surface area contributed by atoms with Crippen molar-refractivity contribution in [2.24, 2.45) is 5.92 Å². The molecule has 1 aliphatic carbocycles. The van der Waals surface area contributed by atoms with Gasteiger partial charge in [-0.2, -0.15) is 0 Å². The van der Waals surface area contributed by atoms with Crippen molar-refractivity contribution in [2.45, 2.75) is 45.1 Å². The average molecular weight is 199 g/mol. The lowest BCUT2D eigenvalue weighted by Crippen LogP contribution is -2.33. The summed E-state index contributed by atoms with van der Waals surface area (Å²) in [6, 6.07) is 0. The number of aliphatic hydroxyl groups excluding tert-OH is 1. The van der Waals surface area contributed by atoms with Crippen molar-refractivity contribution in [3.63, 3.8) is 0 Å². The van der Waals surface area contributed by atoms with Gasteiger partial charge in [0.25, 0.3) is 0 Å². The maximum Gasteiger partial charge on any atom is 0.225 e. The van der Waals surface area contributed by atoms with Gasteiger partial charge in [-0.05, 0) is 26.2 Å². The van der Waals surface area contributed by atoms with Gasteiger partial charge < -0.3 is 10.0 Å². The fourth-order valence-electron chi connectivity index (χ4n) is 1.98. The second-order valence-electron chi connectivity index (χ2n) is 4.38. The van der Waals surface area contributed by atoms with Crippen molar-refractivity contribution in [1.29, 1.82) is 0 Å². The number of carbonyl (C=O) groups is 1. The molecule has 0 bridgehead atoms. The van der Waals surface area contributed by atoms with Gasteiger partial charge >= 0.3 is 0 Å². The molecule has 0 saturated heterocycles. The maximum absolute atomic E-state index is 11.8. The second-order valence-corrected chi connectivity index (χ2v) is 4.38. The Morgan fingerprint density at radius 3 is 2.57 bits per heavy atom. The van der Waals surface area contributed by atoms with Gasteiger partial charge in [-0.15, -0.1) is 0 Å². The molecule has 1 N–H and O–H groups in total. The summed E-state index contributed by atoms with van der Waals surface area (Å²) in [4.78, 5) is 13.6. The molecule has 1 fully saturated rings. The van der Waals surface area contributed by atoms with Crippen LogP contribution in [-0.4, -0.2) is 35.6 Å². The largest absolute Gasteiger partial charge is 0.393 e. The van der Waals surface area contributed by atoms with E-state index in [1.165, 1.54) is 12.8 Å². The van der Waals surface area contributed by atoms with Crippen LogP contribution < -0.4 is 0 Å². The van der Waals surface area contributed by atoms with Gasteiger partial charge in [0.2, 0.25) is 5.91 Å². The lowest BCUT2D eigenvalue weighted by Gasteiger charge is -2.21. The predicted octanol–water partition coefficient (Wildman–Crippen LogP) is 1.41. The van der Waals surface area contributed by atoms with Crippen LogP contribution in [0.2, 0.25) is 0 Å². The van der Waals surface area contributed by atoms with Crippen molar-refractivity contribution >= 4 is 5.91 Å². The minimum atomic E-state index is -0.311. The van der Waals surface area contributed by atoms with Crippen molar-refractivity contribution in [3.05, 3.63) is 0 Å². The first-order valence-electron chi connectivity index (χ1n) is 5.54. The standard InChI is InChI=1S/C11H21NO2/c1-9(13)7-8-12(2)11(14)10-5-3-4-6-10/h9-10,13H,3-8H2,1-2H3. The molecule has 82 valence electrons. The zero-order valence-electron chi connectivity index (χ0n) is 9.20. The Labute approximate surface area is 86.1 Å². The van der Waals surface area contributed by atoms with Crippen LogP contribution in [0, 0.1) is 5.92 Å². The van der Waals surface area contributed by atoms with Crippen LogP contribution in [0.3, 0.4) is 0 Å². The van der Waals surface area contributed by atoms with Gasteiger partial charge in [0.05, 0.1) is 6.10 Å². The monoisotopic (exact) mass is 199 g/mol. The van der Waals surface area contributed by atoms with E-state index in [-0.39, 0.29) is 17.9 Å². The maximum atomic E-state index is 11.8. The van der Waals surface area contributed by atoms with E-state index in [1.54, 1.807) is 11.8 Å². The van der Waals surface area contributed by atoms with Crippen LogP contribution in [0.25, 0.3) is 0 Å². The fraction of sp³-hybridized carbons (Fsp3) is 0.909.